The molecule has 0 amide bonds. The molecule has 0 saturated carbocycles. The lowest BCUT2D eigenvalue weighted by molar-refractivity contribution is 0.582. The molecular formula is C13H17N3S. The summed E-state index contributed by atoms with van der Waals surface area (Å²) in [6.07, 6.45) is 5.64. The van der Waals surface area contributed by atoms with Crippen LogP contribution in [0.2, 0.25) is 0 Å². The molecule has 0 aliphatic rings. The third-order valence-electron chi connectivity index (χ3n) is 3.01. The molecule has 0 aliphatic heterocycles. The number of H-pyrrole nitrogens is 1. The molecular weight excluding hydrogens is 230 g/mol. The molecule has 17 heavy (non-hydrogen) atoms. The Morgan fingerprint density at radius 1 is 1.24 bits per heavy atom. The molecule has 0 spiro atoms. The highest BCUT2D eigenvalue weighted by atomic mass is 32.1. The summed E-state index contributed by atoms with van der Waals surface area (Å²) in [5, 5.41) is 0. The fraction of sp³-hybridized carbons (Fsp3) is 0.385. The van der Waals surface area contributed by atoms with Gasteiger partial charge in [-0.05, 0) is 42.8 Å². The van der Waals surface area contributed by atoms with Crippen molar-refractivity contribution in [2.75, 3.05) is 0 Å². The lowest BCUT2D eigenvalue weighted by atomic mass is 10.1. The molecule has 0 bridgehead atoms. The number of hydrogen-bond donors (Lipinski definition) is 1. The van der Waals surface area contributed by atoms with Gasteiger partial charge in [-0.1, -0.05) is 13.8 Å². The first-order chi connectivity index (χ1) is 8.11. The van der Waals surface area contributed by atoms with Gasteiger partial charge in [0, 0.05) is 24.3 Å². The van der Waals surface area contributed by atoms with E-state index in [2.05, 4.69) is 35.3 Å². The van der Waals surface area contributed by atoms with Crippen LogP contribution in [-0.4, -0.2) is 14.5 Å². The Morgan fingerprint density at radius 2 is 1.88 bits per heavy atom. The largest absolute Gasteiger partial charge is 0.337 e. The summed E-state index contributed by atoms with van der Waals surface area (Å²) in [4.78, 5) is 7.18. The van der Waals surface area contributed by atoms with Crippen molar-refractivity contribution >= 4 is 12.2 Å². The molecule has 1 N–H and O–H groups in total. The molecule has 0 saturated heterocycles. The Kier molecular flexibility index (Phi) is 3.43. The summed E-state index contributed by atoms with van der Waals surface area (Å²) >= 11 is 5.36. The van der Waals surface area contributed by atoms with Crippen LogP contribution < -0.4 is 0 Å². The summed E-state index contributed by atoms with van der Waals surface area (Å²) in [6.45, 7) is 6.51. The van der Waals surface area contributed by atoms with Crippen molar-refractivity contribution in [3.63, 3.8) is 0 Å². The highest BCUT2D eigenvalue weighted by Crippen LogP contribution is 2.24. The molecule has 2 heterocycles. The van der Waals surface area contributed by atoms with Gasteiger partial charge in [0.1, 0.15) is 0 Å². The van der Waals surface area contributed by atoms with Crippen LogP contribution in [0.25, 0.3) is 0 Å². The molecule has 0 aliphatic carbocycles. The Labute approximate surface area is 107 Å². The third-order valence-corrected chi connectivity index (χ3v) is 3.32. The number of aromatic amines is 1. The quantitative estimate of drug-likeness (QED) is 0.839. The summed E-state index contributed by atoms with van der Waals surface area (Å²) < 4.78 is 2.95. The highest BCUT2D eigenvalue weighted by molar-refractivity contribution is 7.71. The molecule has 1 unspecified atom stereocenters. The minimum Gasteiger partial charge on any atom is -0.337 e. The maximum atomic E-state index is 5.36. The second kappa shape index (κ2) is 4.84. The number of pyridine rings is 1. The number of nitrogens with one attached hydrogen (secondary N) is 1. The Morgan fingerprint density at radius 3 is 2.47 bits per heavy atom. The SMILES string of the molecule is CC(C)c1c[nH]c(=S)n1C(C)c1ccncc1. The van der Waals surface area contributed by atoms with Crippen molar-refractivity contribution in [3.8, 4) is 0 Å². The van der Waals surface area contributed by atoms with E-state index in [0.29, 0.717) is 5.92 Å². The van der Waals surface area contributed by atoms with Gasteiger partial charge < -0.3 is 9.55 Å². The molecule has 90 valence electrons. The topological polar surface area (TPSA) is 33.6 Å². The van der Waals surface area contributed by atoms with E-state index in [1.165, 1.54) is 11.3 Å². The molecule has 3 nitrogen and oxygen atoms in total. The van der Waals surface area contributed by atoms with Crippen LogP contribution in [0.1, 0.15) is 44.0 Å². The highest BCUT2D eigenvalue weighted by Gasteiger charge is 2.14. The van der Waals surface area contributed by atoms with Crippen molar-refractivity contribution in [1.29, 1.82) is 0 Å². The van der Waals surface area contributed by atoms with Crippen LogP contribution in [0.3, 0.4) is 0 Å². The average molecular weight is 247 g/mol. The minimum absolute atomic E-state index is 0.231. The van der Waals surface area contributed by atoms with Gasteiger partial charge in [-0.2, -0.15) is 0 Å². The summed E-state index contributed by atoms with van der Waals surface area (Å²) in [7, 11) is 0. The predicted octanol–water partition coefficient (Wildman–Crippen LogP) is 3.67. The van der Waals surface area contributed by atoms with Gasteiger partial charge in [0.05, 0.1) is 6.04 Å². The molecule has 2 aromatic heterocycles. The van der Waals surface area contributed by atoms with E-state index in [4.69, 9.17) is 12.2 Å². The smallest absolute Gasteiger partial charge is 0.177 e. The summed E-state index contributed by atoms with van der Waals surface area (Å²) in [6, 6.07) is 4.29. The Hall–Kier alpha value is -1.42. The number of nitrogens with zero attached hydrogens (tertiary/aromatic N) is 2. The zero-order valence-electron chi connectivity index (χ0n) is 10.3. The van der Waals surface area contributed by atoms with Crippen LogP contribution in [-0.2, 0) is 0 Å². The number of rotatable bonds is 3. The van der Waals surface area contributed by atoms with Gasteiger partial charge in [0.15, 0.2) is 4.77 Å². The standard InChI is InChI=1S/C13H17N3S/c1-9(2)12-8-15-13(17)16(12)10(3)11-4-6-14-7-5-11/h4-10H,1-3H3,(H,15,17). The zero-order valence-corrected chi connectivity index (χ0v) is 11.2. The Bertz CT molecular complexity index is 539. The second-order valence-corrected chi connectivity index (χ2v) is 4.89. The van der Waals surface area contributed by atoms with E-state index in [1.807, 2.05) is 30.7 Å². The molecule has 0 fully saturated rings. The molecule has 0 radical (unpaired) electrons. The number of hydrogen-bond acceptors (Lipinski definition) is 2. The molecule has 4 heteroatoms. The maximum absolute atomic E-state index is 5.36. The fourth-order valence-corrected chi connectivity index (χ4v) is 2.35. The van der Waals surface area contributed by atoms with Gasteiger partial charge >= 0.3 is 0 Å². The molecule has 0 aromatic carbocycles. The first kappa shape index (κ1) is 12.0. The van der Waals surface area contributed by atoms with Crippen LogP contribution >= 0.6 is 12.2 Å². The lowest BCUT2D eigenvalue weighted by Gasteiger charge is -2.18. The minimum atomic E-state index is 0.231. The normalized spacial score (nSPS) is 12.9. The van der Waals surface area contributed by atoms with Crippen molar-refractivity contribution in [1.82, 2.24) is 14.5 Å². The van der Waals surface area contributed by atoms with Crippen molar-refractivity contribution in [2.24, 2.45) is 0 Å². The van der Waals surface area contributed by atoms with Crippen molar-refractivity contribution in [2.45, 2.75) is 32.7 Å². The van der Waals surface area contributed by atoms with Crippen LogP contribution in [0.5, 0.6) is 0 Å². The fourth-order valence-electron chi connectivity index (χ4n) is 2.03. The zero-order chi connectivity index (χ0) is 12.4. The van der Waals surface area contributed by atoms with E-state index in [-0.39, 0.29) is 6.04 Å². The second-order valence-electron chi connectivity index (χ2n) is 4.50. The number of imidazole rings is 1. The van der Waals surface area contributed by atoms with Crippen molar-refractivity contribution in [3.05, 3.63) is 46.8 Å². The third kappa shape index (κ3) is 2.31. The monoisotopic (exact) mass is 247 g/mol. The van der Waals surface area contributed by atoms with Crippen LogP contribution in [0.15, 0.2) is 30.7 Å². The predicted molar refractivity (Wildman–Crippen MR) is 71.8 cm³/mol. The summed E-state index contributed by atoms with van der Waals surface area (Å²) in [5.74, 6) is 0.451. The van der Waals surface area contributed by atoms with Gasteiger partial charge in [0.25, 0.3) is 0 Å². The van der Waals surface area contributed by atoms with Gasteiger partial charge in [-0.15, -0.1) is 0 Å². The van der Waals surface area contributed by atoms with Gasteiger partial charge in [-0.3, -0.25) is 4.98 Å². The Balaban J connectivity index is 2.47. The molecule has 2 rings (SSSR count). The van der Waals surface area contributed by atoms with E-state index in [9.17, 15) is 0 Å². The van der Waals surface area contributed by atoms with Gasteiger partial charge in [0.2, 0.25) is 0 Å². The average Bonchev–Trinajstić information content (AvgIpc) is 2.71. The number of aromatic nitrogens is 3. The van der Waals surface area contributed by atoms with E-state index in [0.717, 1.165) is 4.77 Å². The molecule has 1 atom stereocenters. The lowest BCUT2D eigenvalue weighted by Crippen LogP contribution is -2.11. The first-order valence-corrected chi connectivity index (χ1v) is 6.21. The van der Waals surface area contributed by atoms with E-state index in [1.54, 1.807) is 0 Å². The maximum Gasteiger partial charge on any atom is 0.177 e. The van der Waals surface area contributed by atoms with Crippen molar-refractivity contribution < 1.29 is 0 Å². The van der Waals surface area contributed by atoms with Crippen LogP contribution in [0.4, 0.5) is 0 Å². The van der Waals surface area contributed by atoms with Crippen LogP contribution in [0, 0.1) is 4.77 Å². The van der Waals surface area contributed by atoms with E-state index >= 15 is 0 Å². The summed E-state index contributed by atoms with van der Waals surface area (Å²) in [5.41, 5.74) is 2.46. The van der Waals surface area contributed by atoms with Gasteiger partial charge in [-0.25, -0.2) is 0 Å². The first-order valence-electron chi connectivity index (χ1n) is 5.81. The van der Waals surface area contributed by atoms with E-state index < -0.39 is 0 Å². The molecule has 2 aromatic rings.